The Balaban J connectivity index is 0.00000210. The number of aryl methyl sites for hydroxylation is 3. The van der Waals surface area contributed by atoms with Crippen LogP contribution in [0.2, 0.25) is 0 Å². The van der Waals surface area contributed by atoms with Gasteiger partial charge < -0.3 is 0 Å². The molecule has 3 aromatic carbocycles. The van der Waals surface area contributed by atoms with Gasteiger partial charge in [-0.15, -0.1) is 11.6 Å². The standard InChI is InChI=1S/C24H21N2.Rh/c1-17-16-22(26-13-7-12-25-26)10-11-23(17)24-18(2)14-21(15-19(24)3)20-8-5-4-6-9-20;/h4-15H,1-3H3;/q-1;. The van der Waals surface area contributed by atoms with Gasteiger partial charge in [0.2, 0.25) is 0 Å². The van der Waals surface area contributed by atoms with Crippen molar-refractivity contribution in [2.75, 3.05) is 0 Å². The van der Waals surface area contributed by atoms with Crippen LogP contribution in [0, 0.1) is 26.8 Å². The van der Waals surface area contributed by atoms with Gasteiger partial charge in [-0.2, -0.15) is 22.8 Å². The molecule has 27 heavy (non-hydrogen) atoms. The molecule has 1 aromatic heterocycles. The van der Waals surface area contributed by atoms with E-state index in [1.807, 2.05) is 16.9 Å². The second-order valence-corrected chi connectivity index (χ2v) is 6.68. The molecule has 0 N–H and O–H groups in total. The summed E-state index contributed by atoms with van der Waals surface area (Å²) in [6, 6.07) is 24.8. The van der Waals surface area contributed by atoms with E-state index in [0.717, 1.165) is 11.3 Å². The summed E-state index contributed by atoms with van der Waals surface area (Å²) < 4.78 is 1.84. The molecule has 137 valence electrons. The molecule has 1 heterocycles. The molecule has 2 nitrogen and oxygen atoms in total. The van der Waals surface area contributed by atoms with Gasteiger partial charge in [-0.25, -0.2) is 0 Å². The Hall–Kier alpha value is -2.51. The Morgan fingerprint density at radius 1 is 0.815 bits per heavy atom. The summed E-state index contributed by atoms with van der Waals surface area (Å²) in [6.45, 7) is 6.50. The van der Waals surface area contributed by atoms with Gasteiger partial charge in [0.1, 0.15) is 0 Å². The first-order valence-corrected chi connectivity index (χ1v) is 8.83. The molecule has 0 aliphatic carbocycles. The van der Waals surface area contributed by atoms with Crippen molar-refractivity contribution in [1.29, 1.82) is 0 Å². The SMILES string of the molecule is Cc1[c-]c(-n2cccn2)ccc1-c1c(C)cc(-c2ccccc2)cc1C.[Rh]. The van der Waals surface area contributed by atoms with Crippen LogP contribution in [-0.2, 0) is 19.5 Å². The Bertz CT molecular complexity index is 1030. The topological polar surface area (TPSA) is 17.8 Å². The normalized spacial score (nSPS) is 10.5. The Labute approximate surface area is 173 Å². The molecule has 0 aliphatic rings. The quantitative estimate of drug-likeness (QED) is 0.285. The maximum absolute atomic E-state index is 4.30. The molecule has 0 amide bonds. The van der Waals surface area contributed by atoms with Gasteiger partial charge in [0, 0.05) is 31.9 Å². The van der Waals surface area contributed by atoms with Gasteiger partial charge in [0.05, 0.1) is 0 Å². The first kappa shape index (κ1) is 19.3. The smallest absolute Gasteiger partial charge is 0.0493 e. The Morgan fingerprint density at radius 2 is 1.52 bits per heavy atom. The summed E-state index contributed by atoms with van der Waals surface area (Å²) in [5.41, 5.74) is 9.71. The van der Waals surface area contributed by atoms with Crippen LogP contribution in [0.1, 0.15) is 16.7 Å². The van der Waals surface area contributed by atoms with Gasteiger partial charge in [-0.1, -0.05) is 66.1 Å². The van der Waals surface area contributed by atoms with E-state index in [0.29, 0.717) is 0 Å². The molecule has 0 fully saturated rings. The molecule has 4 rings (SSSR count). The monoisotopic (exact) mass is 440 g/mol. The summed E-state index contributed by atoms with van der Waals surface area (Å²) in [7, 11) is 0. The minimum Gasteiger partial charge on any atom is -0.266 e. The second kappa shape index (κ2) is 8.02. The molecule has 3 heteroatoms. The second-order valence-electron chi connectivity index (χ2n) is 6.68. The number of benzene rings is 3. The van der Waals surface area contributed by atoms with E-state index in [9.17, 15) is 0 Å². The molecule has 0 aliphatic heterocycles. The maximum atomic E-state index is 4.30. The first-order chi connectivity index (χ1) is 12.6. The van der Waals surface area contributed by atoms with Crippen molar-refractivity contribution in [1.82, 2.24) is 9.78 Å². The summed E-state index contributed by atoms with van der Waals surface area (Å²) in [4.78, 5) is 0. The van der Waals surface area contributed by atoms with E-state index in [2.05, 4.69) is 86.5 Å². The number of nitrogens with zero attached hydrogens (tertiary/aromatic N) is 2. The molecule has 1 radical (unpaired) electrons. The van der Waals surface area contributed by atoms with Crippen LogP contribution in [0.5, 0.6) is 0 Å². The zero-order chi connectivity index (χ0) is 18.1. The number of aromatic nitrogens is 2. The largest absolute Gasteiger partial charge is 0.266 e. The van der Waals surface area contributed by atoms with Gasteiger partial charge in [0.15, 0.2) is 0 Å². The first-order valence-electron chi connectivity index (χ1n) is 8.83. The van der Waals surface area contributed by atoms with Gasteiger partial charge >= 0.3 is 0 Å². The van der Waals surface area contributed by atoms with Crippen LogP contribution in [0.3, 0.4) is 0 Å². The zero-order valence-electron chi connectivity index (χ0n) is 15.7. The van der Waals surface area contributed by atoms with E-state index in [1.165, 1.54) is 33.4 Å². The van der Waals surface area contributed by atoms with E-state index in [1.54, 1.807) is 6.20 Å². The van der Waals surface area contributed by atoms with Crippen molar-refractivity contribution < 1.29 is 19.5 Å². The van der Waals surface area contributed by atoms with Gasteiger partial charge in [-0.05, 0) is 36.7 Å². The predicted octanol–water partition coefficient (Wildman–Crippen LogP) is 5.93. The van der Waals surface area contributed by atoms with Crippen molar-refractivity contribution in [2.24, 2.45) is 0 Å². The van der Waals surface area contributed by atoms with Crippen molar-refractivity contribution in [3.63, 3.8) is 0 Å². The number of hydrogen-bond acceptors (Lipinski definition) is 1. The van der Waals surface area contributed by atoms with Crippen LogP contribution in [0.25, 0.3) is 27.9 Å². The summed E-state index contributed by atoms with van der Waals surface area (Å²) in [6.07, 6.45) is 3.73. The minimum absolute atomic E-state index is 0. The maximum Gasteiger partial charge on any atom is 0.0493 e. The van der Waals surface area contributed by atoms with E-state index in [-0.39, 0.29) is 19.5 Å². The van der Waals surface area contributed by atoms with Gasteiger partial charge in [0.25, 0.3) is 0 Å². The van der Waals surface area contributed by atoms with Gasteiger partial charge in [-0.3, -0.25) is 4.68 Å². The van der Waals surface area contributed by atoms with Crippen molar-refractivity contribution >= 4 is 0 Å². The molecule has 0 saturated heterocycles. The Morgan fingerprint density at radius 3 is 2.11 bits per heavy atom. The van der Waals surface area contributed by atoms with Crippen LogP contribution in [0.4, 0.5) is 0 Å². The molecule has 0 atom stereocenters. The summed E-state index contributed by atoms with van der Waals surface area (Å²) in [5.74, 6) is 0. The van der Waals surface area contributed by atoms with Crippen LogP contribution in [-0.4, -0.2) is 9.78 Å². The molecular formula is C24H21N2Rh-. The Kier molecular flexibility index (Phi) is 5.72. The van der Waals surface area contributed by atoms with Crippen LogP contribution in [0.15, 0.2) is 73.1 Å². The third-order valence-corrected chi connectivity index (χ3v) is 4.79. The van der Waals surface area contributed by atoms with Crippen molar-refractivity contribution in [3.8, 4) is 27.9 Å². The molecule has 4 aromatic rings. The summed E-state index contributed by atoms with van der Waals surface area (Å²) in [5, 5.41) is 4.30. The fraction of sp³-hybridized carbons (Fsp3) is 0.125. The molecule has 0 unspecified atom stereocenters. The molecule has 0 saturated carbocycles. The third kappa shape index (κ3) is 3.79. The molecular weight excluding hydrogens is 419 g/mol. The number of hydrogen-bond donors (Lipinski definition) is 0. The van der Waals surface area contributed by atoms with E-state index >= 15 is 0 Å². The fourth-order valence-corrected chi connectivity index (χ4v) is 3.59. The van der Waals surface area contributed by atoms with E-state index in [4.69, 9.17) is 0 Å². The predicted molar refractivity (Wildman–Crippen MR) is 107 cm³/mol. The fourth-order valence-electron chi connectivity index (χ4n) is 3.59. The average Bonchev–Trinajstić information content (AvgIpc) is 3.18. The van der Waals surface area contributed by atoms with Crippen molar-refractivity contribution in [3.05, 3.63) is 95.8 Å². The van der Waals surface area contributed by atoms with Crippen LogP contribution >= 0.6 is 0 Å². The third-order valence-electron chi connectivity index (χ3n) is 4.79. The summed E-state index contributed by atoms with van der Waals surface area (Å²) >= 11 is 0. The average molecular weight is 440 g/mol. The van der Waals surface area contributed by atoms with E-state index < -0.39 is 0 Å². The number of rotatable bonds is 3. The molecule has 0 bridgehead atoms. The minimum atomic E-state index is 0. The molecule has 0 spiro atoms. The zero-order valence-corrected chi connectivity index (χ0v) is 17.3. The van der Waals surface area contributed by atoms with Crippen LogP contribution < -0.4 is 0 Å². The van der Waals surface area contributed by atoms with Crippen molar-refractivity contribution in [2.45, 2.75) is 20.8 Å².